The first-order chi connectivity index (χ1) is 7.96. The quantitative estimate of drug-likeness (QED) is 0.813. The second-order valence-electron chi connectivity index (χ2n) is 3.33. The van der Waals surface area contributed by atoms with Crippen molar-refractivity contribution in [2.75, 3.05) is 0 Å². The van der Waals surface area contributed by atoms with Gasteiger partial charge in [-0.1, -0.05) is 11.3 Å². The number of rotatable bonds is 2. The lowest BCUT2D eigenvalue weighted by Crippen LogP contribution is -2.17. The highest BCUT2D eigenvalue weighted by atomic mass is 19.4. The molecule has 0 aliphatic carbocycles. The standard InChI is InChI=1S/C10H8F3N3O/c1-7-6-14-15-16(7)8-3-2-4-9(5-8)17-10(11,12)13/h2-6H,1H3. The molecule has 1 aromatic carbocycles. The fraction of sp³-hybridized carbons (Fsp3) is 0.200. The minimum absolute atomic E-state index is 0.287. The molecule has 0 bridgehead atoms. The molecule has 0 radical (unpaired) electrons. The van der Waals surface area contributed by atoms with E-state index < -0.39 is 6.36 Å². The Labute approximate surface area is 94.6 Å². The minimum Gasteiger partial charge on any atom is -0.406 e. The van der Waals surface area contributed by atoms with E-state index in [0.717, 1.165) is 0 Å². The maximum atomic E-state index is 12.0. The maximum absolute atomic E-state index is 12.0. The van der Waals surface area contributed by atoms with E-state index in [1.807, 2.05) is 0 Å². The van der Waals surface area contributed by atoms with Gasteiger partial charge in [0.25, 0.3) is 0 Å². The SMILES string of the molecule is Cc1cnnn1-c1cccc(OC(F)(F)F)c1. The Kier molecular flexibility index (Phi) is 2.74. The third-order valence-electron chi connectivity index (χ3n) is 2.02. The lowest BCUT2D eigenvalue weighted by molar-refractivity contribution is -0.274. The van der Waals surface area contributed by atoms with Gasteiger partial charge < -0.3 is 4.74 Å². The van der Waals surface area contributed by atoms with Gasteiger partial charge in [0.1, 0.15) is 5.75 Å². The molecule has 17 heavy (non-hydrogen) atoms. The highest BCUT2D eigenvalue weighted by Gasteiger charge is 2.31. The molecule has 0 amide bonds. The summed E-state index contributed by atoms with van der Waals surface area (Å²) in [5.74, 6) is -0.287. The Morgan fingerprint density at radius 2 is 2.06 bits per heavy atom. The number of nitrogens with zero attached hydrogens (tertiary/aromatic N) is 3. The molecular weight excluding hydrogens is 235 g/mol. The molecule has 1 heterocycles. The normalized spacial score (nSPS) is 11.5. The van der Waals surface area contributed by atoms with Crippen LogP contribution in [0.25, 0.3) is 5.69 Å². The molecule has 2 rings (SSSR count). The van der Waals surface area contributed by atoms with Crippen LogP contribution in [0, 0.1) is 6.92 Å². The smallest absolute Gasteiger partial charge is 0.406 e. The number of halogens is 3. The third kappa shape index (κ3) is 2.74. The summed E-state index contributed by atoms with van der Waals surface area (Å²) in [6, 6.07) is 5.54. The summed E-state index contributed by atoms with van der Waals surface area (Å²) in [6.07, 6.45) is -3.19. The van der Waals surface area contributed by atoms with E-state index >= 15 is 0 Å². The first-order valence-electron chi connectivity index (χ1n) is 4.69. The van der Waals surface area contributed by atoms with E-state index in [-0.39, 0.29) is 5.75 Å². The topological polar surface area (TPSA) is 39.9 Å². The first-order valence-corrected chi connectivity index (χ1v) is 4.69. The molecule has 0 atom stereocenters. The van der Waals surface area contributed by atoms with Gasteiger partial charge in [0.2, 0.25) is 0 Å². The monoisotopic (exact) mass is 243 g/mol. The average Bonchev–Trinajstić information content (AvgIpc) is 2.62. The fourth-order valence-electron chi connectivity index (χ4n) is 1.35. The lowest BCUT2D eigenvalue weighted by atomic mass is 10.3. The van der Waals surface area contributed by atoms with Crippen LogP contribution in [-0.4, -0.2) is 21.4 Å². The summed E-state index contributed by atoms with van der Waals surface area (Å²) in [6.45, 7) is 1.75. The van der Waals surface area contributed by atoms with E-state index in [4.69, 9.17) is 0 Å². The van der Waals surface area contributed by atoms with E-state index in [9.17, 15) is 13.2 Å². The fourth-order valence-corrected chi connectivity index (χ4v) is 1.35. The summed E-state index contributed by atoms with van der Waals surface area (Å²) in [4.78, 5) is 0. The molecule has 0 spiro atoms. The molecule has 0 saturated heterocycles. The van der Waals surface area contributed by atoms with Crippen molar-refractivity contribution >= 4 is 0 Å². The van der Waals surface area contributed by atoms with Crippen molar-refractivity contribution in [3.05, 3.63) is 36.2 Å². The number of ether oxygens (including phenoxy) is 1. The number of aryl methyl sites for hydroxylation is 1. The van der Waals surface area contributed by atoms with Crippen LogP contribution < -0.4 is 4.74 Å². The minimum atomic E-state index is -4.70. The van der Waals surface area contributed by atoms with Crippen molar-refractivity contribution in [2.45, 2.75) is 13.3 Å². The predicted octanol–water partition coefficient (Wildman–Crippen LogP) is 2.47. The Morgan fingerprint density at radius 1 is 1.29 bits per heavy atom. The molecule has 0 fully saturated rings. The van der Waals surface area contributed by atoms with Crippen molar-refractivity contribution in [2.24, 2.45) is 0 Å². The van der Waals surface area contributed by atoms with Gasteiger partial charge in [-0.15, -0.1) is 18.3 Å². The number of benzene rings is 1. The van der Waals surface area contributed by atoms with Gasteiger partial charge in [0.05, 0.1) is 17.6 Å². The van der Waals surface area contributed by atoms with E-state index in [0.29, 0.717) is 11.4 Å². The second-order valence-corrected chi connectivity index (χ2v) is 3.33. The van der Waals surface area contributed by atoms with Gasteiger partial charge in [-0.3, -0.25) is 0 Å². The van der Waals surface area contributed by atoms with Gasteiger partial charge in [-0.25, -0.2) is 4.68 Å². The van der Waals surface area contributed by atoms with E-state index in [1.54, 1.807) is 13.0 Å². The van der Waals surface area contributed by atoms with Gasteiger partial charge >= 0.3 is 6.36 Å². The zero-order valence-electron chi connectivity index (χ0n) is 8.77. The molecular formula is C10H8F3N3O. The van der Waals surface area contributed by atoms with Gasteiger partial charge in [-0.05, 0) is 19.1 Å². The maximum Gasteiger partial charge on any atom is 0.573 e. The predicted molar refractivity (Wildman–Crippen MR) is 52.8 cm³/mol. The average molecular weight is 243 g/mol. The molecule has 0 aliphatic rings. The first kappa shape index (κ1) is 11.4. The third-order valence-corrected chi connectivity index (χ3v) is 2.02. The zero-order chi connectivity index (χ0) is 12.5. The summed E-state index contributed by atoms with van der Waals surface area (Å²) < 4.78 is 41.4. The Balaban J connectivity index is 2.32. The van der Waals surface area contributed by atoms with Crippen LogP contribution >= 0.6 is 0 Å². The molecule has 90 valence electrons. The number of hydrogen-bond donors (Lipinski definition) is 0. The van der Waals surface area contributed by atoms with Crippen LogP contribution in [0.4, 0.5) is 13.2 Å². The van der Waals surface area contributed by atoms with Crippen LogP contribution in [0.15, 0.2) is 30.5 Å². The Hall–Kier alpha value is -2.05. The van der Waals surface area contributed by atoms with Gasteiger partial charge in [0, 0.05) is 6.07 Å². The Bertz CT molecular complexity index is 522. The summed E-state index contributed by atoms with van der Waals surface area (Å²) in [5.41, 5.74) is 1.18. The molecule has 4 nitrogen and oxygen atoms in total. The van der Waals surface area contributed by atoms with Crippen molar-refractivity contribution in [3.63, 3.8) is 0 Å². The van der Waals surface area contributed by atoms with Gasteiger partial charge in [0.15, 0.2) is 0 Å². The van der Waals surface area contributed by atoms with Crippen molar-refractivity contribution in [1.82, 2.24) is 15.0 Å². The molecule has 0 N–H and O–H groups in total. The van der Waals surface area contributed by atoms with E-state index in [1.165, 1.54) is 29.1 Å². The largest absolute Gasteiger partial charge is 0.573 e. The van der Waals surface area contributed by atoms with Crippen LogP contribution in [-0.2, 0) is 0 Å². The molecule has 1 aromatic heterocycles. The molecule has 2 aromatic rings. The Morgan fingerprint density at radius 3 is 2.65 bits per heavy atom. The van der Waals surface area contributed by atoms with Crippen LogP contribution in [0.2, 0.25) is 0 Å². The lowest BCUT2D eigenvalue weighted by Gasteiger charge is -2.10. The van der Waals surface area contributed by atoms with Crippen molar-refractivity contribution in [3.8, 4) is 11.4 Å². The summed E-state index contributed by atoms with van der Waals surface area (Å²) in [5, 5.41) is 7.41. The number of alkyl halides is 3. The zero-order valence-corrected chi connectivity index (χ0v) is 8.77. The number of aromatic nitrogens is 3. The highest BCUT2D eigenvalue weighted by molar-refractivity contribution is 5.39. The summed E-state index contributed by atoms with van der Waals surface area (Å²) in [7, 11) is 0. The molecule has 0 unspecified atom stereocenters. The van der Waals surface area contributed by atoms with Crippen LogP contribution in [0.5, 0.6) is 5.75 Å². The molecule has 7 heteroatoms. The second kappa shape index (κ2) is 4.08. The summed E-state index contributed by atoms with van der Waals surface area (Å²) >= 11 is 0. The van der Waals surface area contributed by atoms with Crippen LogP contribution in [0.3, 0.4) is 0 Å². The molecule has 0 aliphatic heterocycles. The highest BCUT2D eigenvalue weighted by Crippen LogP contribution is 2.24. The van der Waals surface area contributed by atoms with E-state index in [2.05, 4.69) is 15.0 Å². The van der Waals surface area contributed by atoms with Crippen molar-refractivity contribution < 1.29 is 17.9 Å². The molecule has 0 saturated carbocycles. The van der Waals surface area contributed by atoms with Crippen molar-refractivity contribution in [1.29, 1.82) is 0 Å². The number of hydrogen-bond acceptors (Lipinski definition) is 3. The van der Waals surface area contributed by atoms with Crippen LogP contribution in [0.1, 0.15) is 5.69 Å². The van der Waals surface area contributed by atoms with Gasteiger partial charge in [-0.2, -0.15) is 0 Å².